The first kappa shape index (κ1) is 14.0. The topological polar surface area (TPSA) is 15.3 Å². The van der Waals surface area contributed by atoms with E-state index in [0.29, 0.717) is 6.04 Å². The van der Waals surface area contributed by atoms with Gasteiger partial charge >= 0.3 is 0 Å². The van der Waals surface area contributed by atoms with Crippen molar-refractivity contribution in [2.45, 2.75) is 19.5 Å². The Labute approximate surface area is 111 Å². The average molecular weight is 306 g/mol. The summed E-state index contributed by atoms with van der Waals surface area (Å²) in [7, 11) is 4.16. The van der Waals surface area contributed by atoms with Gasteiger partial charge in [0.05, 0.1) is 5.02 Å². The highest BCUT2D eigenvalue weighted by Gasteiger charge is 2.04. The Hall–Kier alpha value is -0.0900. The van der Waals surface area contributed by atoms with Crippen LogP contribution in [-0.2, 0) is 6.54 Å². The molecule has 0 aliphatic heterocycles. The summed E-state index contributed by atoms with van der Waals surface area (Å²) in [6.07, 6.45) is 0. The molecule has 2 nitrogen and oxygen atoms in total. The Morgan fingerprint density at radius 1 is 1.44 bits per heavy atom. The quantitative estimate of drug-likeness (QED) is 0.899. The summed E-state index contributed by atoms with van der Waals surface area (Å²) in [5.74, 6) is 0. The Balaban J connectivity index is 2.45. The standard InChI is InChI=1S/C12H18BrClN2/c1-9(8-16(2)3)15-7-10-4-5-12(14)11(13)6-10/h4-6,9,15H,7-8H2,1-3H3. The van der Waals surface area contributed by atoms with Gasteiger partial charge in [0.15, 0.2) is 0 Å². The van der Waals surface area contributed by atoms with Gasteiger partial charge in [-0.15, -0.1) is 0 Å². The summed E-state index contributed by atoms with van der Waals surface area (Å²) in [5, 5.41) is 4.23. The fourth-order valence-corrected chi connectivity index (χ4v) is 2.10. The van der Waals surface area contributed by atoms with Gasteiger partial charge in [0, 0.05) is 23.6 Å². The highest BCUT2D eigenvalue weighted by Crippen LogP contribution is 2.23. The number of hydrogen-bond donors (Lipinski definition) is 1. The molecule has 0 saturated carbocycles. The summed E-state index contributed by atoms with van der Waals surface area (Å²) in [5.41, 5.74) is 1.24. The van der Waals surface area contributed by atoms with Crippen LogP contribution in [0.4, 0.5) is 0 Å². The molecule has 1 rings (SSSR count). The first-order chi connectivity index (χ1) is 7.49. The van der Waals surface area contributed by atoms with E-state index in [1.165, 1.54) is 5.56 Å². The fourth-order valence-electron chi connectivity index (χ4n) is 1.55. The molecule has 0 spiro atoms. The second-order valence-corrected chi connectivity index (χ2v) is 5.55. The van der Waals surface area contributed by atoms with E-state index in [-0.39, 0.29) is 0 Å². The van der Waals surface area contributed by atoms with Crippen LogP contribution >= 0.6 is 27.5 Å². The van der Waals surface area contributed by atoms with Gasteiger partial charge in [0.1, 0.15) is 0 Å². The van der Waals surface area contributed by atoms with Crippen molar-refractivity contribution >= 4 is 27.5 Å². The lowest BCUT2D eigenvalue weighted by molar-refractivity contribution is 0.349. The molecule has 1 atom stereocenters. The van der Waals surface area contributed by atoms with Gasteiger partial charge in [-0.3, -0.25) is 0 Å². The Morgan fingerprint density at radius 2 is 2.12 bits per heavy atom. The molecule has 0 saturated heterocycles. The predicted molar refractivity (Wildman–Crippen MR) is 74.0 cm³/mol. The lowest BCUT2D eigenvalue weighted by atomic mass is 10.2. The second-order valence-electron chi connectivity index (χ2n) is 4.29. The largest absolute Gasteiger partial charge is 0.309 e. The van der Waals surface area contributed by atoms with Crippen LogP contribution in [0.3, 0.4) is 0 Å². The van der Waals surface area contributed by atoms with Crippen molar-refractivity contribution in [2.75, 3.05) is 20.6 Å². The van der Waals surface area contributed by atoms with Crippen LogP contribution < -0.4 is 5.32 Å². The zero-order valence-electron chi connectivity index (χ0n) is 9.93. The van der Waals surface area contributed by atoms with E-state index < -0.39 is 0 Å². The summed E-state index contributed by atoms with van der Waals surface area (Å²) < 4.78 is 0.953. The summed E-state index contributed by atoms with van der Waals surface area (Å²) >= 11 is 9.36. The van der Waals surface area contributed by atoms with Crippen LogP contribution in [-0.4, -0.2) is 31.6 Å². The van der Waals surface area contributed by atoms with Crippen molar-refractivity contribution in [1.82, 2.24) is 10.2 Å². The molecule has 4 heteroatoms. The monoisotopic (exact) mass is 304 g/mol. The Morgan fingerprint density at radius 3 is 2.69 bits per heavy atom. The molecule has 90 valence electrons. The number of nitrogens with zero attached hydrogens (tertiary/aromatic N) is 1. The van der Waals surface area contributed by atoms with Crippen molar-refractivity contribution in [3.8, 4) is 0 Å². The molecule has 0 fully saturated rings. The number of rotatable bonds is 5. The van der Waals surface area contributed by atoms with E-state index in [1.54, 1.807) is 0 Å². The van der Waals surface area contributed by atoms with Gasteiger partial charge in [0.25, 0.3) is 0 Å². The molecule has 0 aliphatic rings. The minimum absolute atomic E-state index is 0.476. The van der Waals surface area contributed by atoms with Gasteiger partial charge in [-0.05, 0) is 54.6 Å². The van der Waals surface area contributed by atoms with E-state index in [1.807, 2.05) is 12.1 Å². The van der Waals surface area contributed by atoms with Crippen molar-refractivity contribution < 1.29 is 0 Å². The maximum absolute atomic E-state index is 5.94. The number of halogens is 2. The van der Waals surface area contributed by atoms with Gasteiger partial charge in [-0.25, -0.2) is 0 Å². The second kappa shape index (κ2) is 6.60. The van der Waals surface area contributed by atoms with Crippen LogP contribution in [0.1, 0.15) is 12.5 Å². The summed E-state index contributed by atoms with van der Waals surface area (Å²) in [6.45, 7) is 4.09. The van der Waals surface area contributed by atoms with Gasteiger partial charge in [-0.2, -0.15) is 0 Å². The molecule has 0 aromatic heterocycles. The first-order valence-electron chi connectivity index (χ1n) is 5.31. The molecule has 0 radical (unpaired) electrons. The molecule has 1 aromatic rings. The maximum Gasteiger partial charge on any atom is 0.0548 e. The highest BCUT2D eigenvalue weighted by atomic mass is 79.9. The molecule has 0 aliphatic carbocycles. The van der Waals surface area contributed by atoms with Crippen LogP contribution in [0.15, 0.2) is 22.7 Å². The van der Waals surface area contributed by atoms with E-state index in [2.05, 4.69) is 53.2 Å². The zero-order valence-corrected chi connectivity index (χ0v) is 12.3. The highest BCUT2D eigenvalue weighted by molar-refractivity contribution is 9.10. The third-order valence-electron chi connectivity index (χ3n) is 2.28. The van der Waals surface area contributed by atoms with E-state index in [4.69, 9.17) is 11.6 Å². The molecular weight excluding hydrogens is 288 g/mol. The molecule has 1 aromatic carbocycles. The van der Waals surface area contributed by atoms with E-state index in [0.717, 1.165) is 22.6 Å². The van der Waals surface area contributed by atoms with Gasteiger partial charge in [0.2, 0.25) is 0 Å². The third kappa shape index (κ3) is 4.83. The van der Waals surface area contributed by atoms with E-state index in [9.17, 15) is 0 Å². The summed E-state index contributed by atoms with van der Waals surface area (Å²) in [4.78, 5) is 2.18. The van der Waals surface area contributed by atoms with Gasteiger partial charge < -0.3 is 10.2 Å². The molecular formula is C12H18BrClN2. The normalized spacial score (nSPS) is 13.1. The number of hydrogen-bond acceptors (Lipinski definition) is 2. The fraction of sp³-hybridized carbons (Fsp3) is 0.500. The predicted octanol–water partition coefficient (Wildman–Crippen LogP) is 3.14. The molecule has 0 amide bonds. The van der Waals surface area contributed by atoms with Crippen molar-refractivity contribution in [1.29, 1.82) is 0 Å². The van der Waals surface area contributed by atoms with Crippen molar-refractivity contribution in [2.24, 2.45) is 0 Å². The van der Waals surface area contributed by atoms with E-state index >= 15 is 0 Å². The Bertz CT molecular complexity index is 342. The van der Waals surface area contributed by atoms with Crippen LogP contribution in [0.25, 0.3) is 0 Å². The van der Waals surface area contributed by atoms with Crippen molar-refractivity contribution in [3.63, 3.8) is 0 Å². The molecule has 16 heavy (non-hydrogen) atoms. The zero-order chi connectivity index (χ0) is 12.1. The third-order valence-corrected chi connectivity index (χ3v) is 3.49. The maximum atomic E-state index is 5.94. The lowest BCUT2D eigenvalue weighted by Crippen LogP contribution is -2.35. The van der Waals surface area contributed by atoms with Crippen LogP contribution in [0, 0.1) is 0 Å². The lowest BCUT2D eigenvalue weighted by Gasteiger charge is -2.18. The number of nitrogens with one attached hydrogen (secondary N) is 1. The molecule has 0 bridgehead atoms. The van der Waals surface area contributed by atoms with Crippen molar-refractivity contribution in [3.05, 3.63) is 33.3 Å². The SMILES string of the molecule is CC(CN(C)C)NCc1ccc(Cl)c(Br)c1. The smallest absolute Gasteiger partial charge is 0.0548 e. The van der Waals surface area contributed by atoms with Crippen LogP contribution in [0.5, 0.6) is 0 Å². The number of benzene rings is 1. The molecule has 1 unspecified atom stereocenters. The Kier molecular flexibility index (Phi) is 5.76. The van der Waals surface area contributed by atoms with Gasteiger partial charge in [-0.1, -0.05) is 17.7 Å². The minimum atomic E-state index is 0.476. The molecule has 0 heterocycles. The summed E-state index contributed by atoms with van der Waals surface area (Å²) in [6, 6.07) is 6.49. The number of likely N-dealkylation sites (N-methyl/N-ethyl adjacent to an activating group) is 1. The molecule has 1 N–H and O–H groups in total. The minimum Gasteiger partial charge on any atom is -0.309 e. The first-order valence-corrected chi connectivity index (χ1v) is 6.48. The van der Waals surface area contributed by atoms with Crippen LogP contribution in [0.2, 0.25) is 5.02 Å². The average Bonchev–Trinajstić information content (AvgIpc) is 2.19.